The van der Waals surface area contributed by atoms with E-state index >= 15 is 0 Å². The summed E-state index contributed by atoms with van der Waals surface area (Å²) in [5.74, 6) is -1.01. The van der Waals surface area contributed by atoms with Gasteiger partial charge in [0.1, 0.15) is 0 Å². The maximum absolute atomic E-state index is 12.9. The summed E-state index contributed by atoms with van der Waals surface area (Å²) in [5.41, 5.74) is 4.04. The van der Waals surface area contributed by atoms with Gasteiger partial charge in [-0.05, 0) is 65.9 Å². The zero-order chi connectivity index (χ0) is 27.3. The third-order valence-corrected chi connectivity index (χ3v) is 6.61. The number of aryl methyl sites for hydroxylation is 1. The lowest BCUT2D eigenvalue weighted by Crippen LogP contribution is -2.37. The Morgan fingerprint density at radius 1 is 0.974 bits per heavy atom. The number of pyridine rings is 1. The van der Waals surface area contributed by atoms with Gasteiger partial charge in [-0.3, -0.25) is 4.79 Å². The van der Waals surface area contributed by atoms with Crippen molar-refractivity contribution in [3.05, 3.63) is 112 Å². The van der Waals surface area contributed by atoms with Crippen molar-refractivity contribution in [3.8, 4) is 0 Å². The van der Waals surface area contributed by atoms with Gasteiger partial charge in [0.25, 0.3) is 0 Å². The number of nitrogens with zero attached hydrogens (tertiary/aromatic N) is 1. The van der Waals surface area contributed by atoms with Crippen LogP contribution in [0.1, 0.15) is 66.0 Å². The molecule has 1 amide bonds. The fourth-order valence-corrected chi connectivity index (χ4v) is 4.37. The number of rotatable bonds is 8. The summed E-state index contributed by atoms with van der Waals surface area (Å²) < 4.78 is 0. The minimum absolute atomic E-state index is 0.0611. The largest absolute Gasteiger partial charge is 0.478 e. The van der Waals surface area contributed by atoms with Crippen LogP contribution in [0.15, 0.2) is 78.9 Å². The molecule has 2 N–H and O–H groups in total. The summed E-state index contributed by atoms with van der Waals surface area (Å²) >= 11 is 6.13. The van der Waals surface area contributed by atoms with Crippen LogP contribution >= 0.6 is 11.6 Å². The van der Waals surface area contributed by atoms with Crippen LogP contribution in [0.4, 0.5) is 0 Å². The highest BCUT2D eigenvalue weighted by atomic mass is 35.5. The van der Waals surface area contributed by atoms with Crippen molar-refractivity contribution < 1.29 is 14.7 Å². The molecule has 1 heterocycles. The molecule has 194 valence electrons. The number of carboxylic acid groups (broad SMARTS) is 1. The fourth-order valence-electron chi connectivity index (χ4n) is 4.20. The van der Waals surface area contributed by atoms with Crippen LogP contribution in [-0.2, 0) is 11.2 Å². The van der Waals surface area contributed by atoms with E-state index in [1.165, 1.54) is 0 Å². The van der Waals surface area contributed by atoms with Crippen LogP contribution in [0, 0.1) is 5.41 Å². The highest BCUT2D eigenvalue weighted by Crippen LogP contribution is 2.25. The Bertz CT molecular complexity index is 1500. The lowest BCUT2D eigenvalue weighted by atomic mass is 9.92. The van der Waals surface area contributed by atoms with Gasteiger partial charge < -0.3 is 10.4 Å². The Hall–Kier alpha value is -3.96. The number of nitrogens with one attached hydrogen (secondary N) is 1. The molecule has 0 fully saturated rings. The highest BCUT2D eigenvalue weighted by Gasteiger charge is 2.25. The highest BCUT2D eigenvalue weighted by molar-refractivity contribution is 6.31. The Balaban J connectivity index is 1.59. The smallest absolute Gasteiger partial charge is 0.335 e. The number of benzene rings is 3. The second kappa shape index (κ2) is 11.6. The van der Waals surface area contributed by atoms with Gasteiger partial charge in [-0.2, -0.15) is 0 Å². The zero-order valence-corrected chi connectivity index (χ0v) is 22.5. The van der Waals surface area contributed by atoms with Gasteiger partial charge in [0.05, 0.1) is 22.8 Å². The van der Waals surface area contributed by atoms with Crippen molar-refractivity contribution in [2.24, 2.45) is 5.41 Å². The minimum Gasteiger partial charge on any atom is -0.478 e. The van der Waals surface area contributed by atoms with Crippen molar-refractivity contribution in [1.29, 1.82) is 0 Å². The summed E-state index contributed by atoms with van der Waals surface area (Å²) in [6.45, 7) is 5.63. The molecule has 38 heavy (non-hydrogen) atoms. The first-order valence-corrected chi connectivity index (χ1v) is 12.9. The number of fused-ring (bicyclic) bond motifs is 1. The molecule has 0 spiro atoms. The van der Waals surface area contributed by atoms with E-state index in [4.69, 9.17) is 11.6 Å². The molecule has 0 aliphatic carbocycles. The molecule has 6 heteroatoms. The monoisotopic (exact) mass is 526 g/mol. The van der Waals surface area contributed by atoms with Gasteiger partial charge in [-0.15, -0.1) is 0 Å². The lowest BCUT2D eigenvalue weighted by Gasteiger charge is -2.25. The predicted molar refractivity (Wildman–Crippen MR) is 154 cm³/mol. The Morgan fingerprint density at radius 3 is 2.50 bits per heavy atom. The molecular weight excluding hydrogens is 496 g/mol. The van der Waals surface area contributed by atoms with Crippen LogP contribution in [0.2, 0.25) is 5.02 Å². The van der Waals surface area contributed by atoms with Crippen LogP contribution < -0.4 is 5.32 Å². The number of hydrogen-bond acceptors (Lipinski definition) is 3. The molecule has 0 radical (unpaired) electrons. The molecule has 0 bridgehead atoms. The number of carboxylic acids is 1. The van der Waals surface area contributed by atoms with Gasteiger partial charge in [-0.1, -0.05) is 87.0 Å². The van der Waals surface area contributed by atoms with E-state index in [0.29, 0.717) is 17.9 Å². The molecule has 4 rings (SSSR count). The van der Waals surface area contributed by atoms with E-state index in [1.807, 2.05) is 99.7 Å². The molecule has 0 aliphatic rings. The molecular formula is C32H31ClN2O3. The number of hydrogen-bond donors (Lipinski definition) is 2. The second-order valence-electron chi connectivity index (χ2n) is 10.4. The molecule has 3 aromatic carbocycles. The average molecular weight is 527 g/mol. The van der Waals surface area contributed by atoms with E-state index in [0.717, 1.165) is 33.3 Å². The standard InChI is InChI=1S/C32H31ClN2O3/c1-32(2,3)31(38)35-28(18-14-22-8-4-5-10-27(22)30(36)37)24-9-6-7-21(19-24)11-16-26-17-13-23-12-15-25(33)20-29(23)34-26/h4-13,15-17,19-20,28H,14,18H2,1-3H3,(H,35,38)(H,36,37)/b16-11+. The van der Waals surface area contributed by atoms with E-state index in [-0.39, 0.29) is 17.5 Å². The second-order valence-corrected chi connectivity index (χ2v) is 10.8. The first-order chi connectivity index (χ1) is 18.1. The van der Waals surface area contributed by atoms with Crippen LogP contribution in [0.25, 0.3) is 23.1 Å². The normalized spacial score (nSPS) is 12.5. The molecule has 0 saturated carbocycles. The van der Waals surface area contributed by atoms with Crippen molar-refractivity contribution in [2.45, 2.75) is 39.7 Å². The maximum atomic E-state index is 12.9. The fraction of sp³-hybridized carbons (Fsp3) is 0.219. The first kappa shape index (κ1) is 27.1. The summed E-state index contributed by atoms with van der Waals surface area (Å²) in [7, 11) is 0. The van der Waals surface area contributed by atoms with Gasteiger partial charge in [-0.25, -0.2) is 9.78 Å². The lowest BCUT2D eigenvalue weighted by molar-refractivity contribution is -0.129. The van der Waals surface area contributed by atoms with Crippen molar-refractivity contribution in [2.75, 3.05) is 0 Å². The first-order valence-electron chi connectivity index (χ1n) is 12.6. The van der Waals surface area contributed by atoms with Crippen LogP contribution in [0.3, 0.4) is 0 Å². The summed E-state index contributed by atoms with van der Waals surface area (Å²) in [4.78, 5) is 29.3. The Morgan fingerprint density at radius 2 is 1.74 bits per heavy atom. The Labute approximate surface area is 228 Å². The Kier molecular flexibility index (Phi) is 8.28. The van der Waals surface area contributed by atoms with Crippen molar-refractivity contribution >= 4 is 46.5 Å². The van der Waals surface area contributed by atoms with E-state index in [2.05, 4.69) is 10.3 Å². The van der Waals surface area contributed by atoms with Gasteiger partial charge in [0.15, 0.2) is 0 Å². The summed E-state index contributed by atoms with van der Waals surface area (Å²) in [5, 5.41) is 14.4. The third-order valence-electron chi connectivity index (χ3n) is 6.37. The average Bonchev–Trinajstić information content (AvgIpc) is 2.89. The van der Waals surface area contributed by atoms with E-state index < -0.39 is 11.4 Å². The van der Waals surface area contributed by atoms with Crippen LogP contribution in [0.5, 0.6) is 0 Å². The summed E-state index contributed by atoms with van der Waals surface area (Å²) in [6, 6.07) is 24.3. The molecule has 4 aromatic rings. The number of carbonyl (C=O) groups is 2. The van der Waals surface area contributed by atoms with E-state index in [1.54, 1.807) is 12.1 Å². The van der Waals surface area contributed by atoms with Crippen LogP contribution in [-0.4, -0.2) is 22.0 Å². The predicted octanol–water partition coefficient (Wildman–Crippen LogP) is 7.59. The van der Waals surface area contributed by atoms with Gasteiger partial charge >= 0.3 is 5.97 Å². The molecule has 1 unspecified atom stereocenters. The summed E-state index contributed by atoms with van der Waals surface area (Å²) in [6.07, 6.45) is 5.02. The molecule has 1 aromatic heterocycles. The molecule has 0 saturated heterocycles. The topological polar surface area (TPSA) is 79.3 Å². The van der Waals surface area contributed by atoms with Gasteiger partial charge in [0.2, 0.25) is 5.91 Å². The minimum atomic E-state index is -0.951. The van der Waals surface area contributed by atoms with Gasteiger partial charge in [0, 0.05) is 15.8 Å². The number of carbonyl (C=O) groups excluding carboxylic acids is 1. The molecule has 1 atom stereocenters. The SMILES string of the molecule is CC(C)(C)C(=O)NC(CCc1ccccc1C(=O)O)c1cccc(/C=C/c2ccc3ccc(Cl)cc3n2)c1. The third kappa shape index (κ3) is 6.87. The van der Waals surface area contributed by atoms with Crippen molar-refractivity contribution in [1.82, 2.24) is 10.3 Å². The van der Waals surface area contributed by atoms with E-state index in [9.17, 15) is 14.7 Å². The maximum Gasteiger partial charge on any atom is 0.335 e. The zero-order valence-electron chi connectivity index (χ0n) is 21.7. The number of aromatic nitrogens is 1. The number of halogens is 1. The number of amides is 1. The quantitative estimate of drug-likeness (QED) is 0.248. The molecule has 5 nitrogen and oxygen atoms in total. The number of aromatic carboxylic acids is 1. The van der Waals surface area contributed by atoms with Crippen molar-refractivity contribution in [3.63, 3.8) is 0 Å². The molecule has 0 aliphatic heterocycles.